The van der Waals surface area contributed by atoms with E-state index < -0.39 is 6.10 Å². The Hall–Kier alpha value is -2.33. The molecule has 2 rings (SSSR count). The zero-order valence-electron chi connectivity index (χ0n) is 12.9. The molecule has 1 atom stereocenters. The fraction of sp³-hybridized carbons (Fsp3) is 0.278. The first-order valence-corrected chi connectivity index (χ1v) is 7.36. The predicted octanol–water partition coefficient (Wildman–Crippen LogP) is 3.67. The van der Waals surface area contributed by atoms with Crippen LogP contribution in [0.4, 0.5) is 5.69 Å². The molecule has 0 aliphatic carbocycles. The Balaban J connectivity index is 1.96. The lowest BCUT2D eigenvalue weighted by Crippen LogP contribution is -2.06. The number of hydrogen-bond donors (Lipinski definition) is 2. The summed E-state index contributed by atoms with van der Waals surface area (Å²) in [5, 5.41) is 12.5. The van der Waals surface area contributed by atoms with Crippen LogP contribution in [-0.2, 0) is 11.4 Å². The van der Waals surface area contributed by atoms with Crippen molar-refractivity contribution in [2.45, 2.75) is 33.0 Å². The number of benzene rings is 2. The van der Waals surface area contributed by atoms with Gasteiger partial charge in [-0.3, -0.25) is 4.79 Å². The number of hydrogen-bond acceptors (Lipinski definition) is 3. The maximum atomic E-state index is 11.1. The molecule has 0 spiro atoms. The standard InChI is InChI=1S/C18H21NO3/c1-3-18(21)15-7-9-17(10-8-15)22-12-14-5-4-6-16(11-14)19-13(2)20/h4-11,18,21H,3,12H2,1-2H3,(H,19,20)/t18-/m1/s1. The molecule has 0 aliphatic rings. The van der Waals surface area contributed by atoms with Gasteiger partial charge in [0, 0.05) is 12.6 Å². The summed E-state index contributed by atoms with van der Waals surface area (Å²) in [6.45, 7) is 3.84. The number of ether oxygens (including phenoxy) is 1. The third-order valence-electron chi connectivity index (χ3n) is 3.30. The second-order valence-electron chi connectivity index (χ2n) is 5.16. The quantitative estimate of drug-likeness (QED) is 0.855. The van der Waals surface area contributed by atoms with Crippen molar-refractivity contribution in [3.63, 3.8) is 0 Å². The Morgan fingerprint density at radius 2 is 1.95 bits per heavy atom. The number of rotatable bonds is 6. The molecule has 4 nitrogen and oxygen atoms in total. The Bertz CT molecular complexity index is 622. The highest BCUT2D eigenvalue weighted by Gasteiger charge is 2.05. The van der Waals surface area contributed by atoms with Crippen LogP contribution in [0.15, 0.2) is 48.5 Å². The SMILES string of the molecule is CC[C@@H](O)c1ccc(OCc2cccc(NC(C)=O)c2)cc1. The number of amides is 1. The van der Waals surface area contributed by atoms with E-state index in [4.69, 9.17) is 4.74 Å². The van der Waals surface area contributed by atoms with E-state index in [9.17, 15) is 9.90 Å². The average molecular weight is 299 g/mol. The Kier molecular flexibility index (Phi) is 5.55. The van der Waals surface area contributed by atoms with E-state index in [2.05, 4.69) is 5.32 Å². The number of nitrogens with one attached hydrogen (secondary N) is 1. The smallest absolute Gasteiger partial charge is 0.221 e. The summed E-state index contributed by atoms with van der Waals surface area (Å²) < 4.78 is 5.73. The molecular formula is C18H21NO3. The molecule has 116 valence electrons. The van der Waals surface area contributed by atoms with Crippen LogP contribution < -0.4 is 10.1 Å². The molecule has 0 unspecified atom stereocenters. The highest BCUT2D eigenvalue weighted by Crippen LogP contribution is 2.21. The molecule has 2 aromatic carbocycles. The van der Waals surface area contributed by atoms with Crippen molar-refractivity contribution in [2.24, 2.45) is 0 Å². The van der Waals surface area contributed by atoms with E-state index >= 15 is 0 Å². The van der Waals surface area contributed by atoms with Gasteiger partial charge in [0.15, 0.2) is 0 Å². The third kappa shape index (κ3) is 4.60. The van der Waals surface area contributed by atoms with Gasteiger partial charge in [0.1, 0.15) is 12.4 Å². The van der Waals surface area contributed by atoms with Gasteiger partial charge in [-0.1, -0.05) is 31.2 Å². The number of carbonyl (C=O) groups excluding carboxylic acids is 1. The van der Waals surface area contributed by atoms with Gasteiger partial charge in [-0.2, -0.15) is 0 Å². The zero-order chi connectivity index (χ0) is 15.9. The topological polar surface area (TPSA) is 58.6 Å². The Morgan fingerprint density at radius 3 is 2.59 bits per heavy atom. The second kappa shape index (κ2) is 7.61. The minimum Gasteiger partial charge on any atom is -0.489 e. The van der Waals surface area contributed by atoms with Gasteiger partial charge in [0.2, 0.25) is 5.91 Å². The molecule has 1 amide bonds. The van der Waals surface area contributed by atoms with Crippen LogP contribution in [0.5, 0.6) is 5.75 Å². The van der Waals surface area contributed by atoms with E-state index in [1.165, 1.54) is 6.92 Å². The van der Waals surface area contributed by atoms with Gasteiger partial charge >= 0.3 is 0 Å². The van der Waals surface area contributed by atoms with Crippen molar-refractivity contribution in [3.05, 3.63) is 59.7 Å². The van der Waals surface area contributed by atoms with E-state index in [1.54, 1.807) is 0 Å². The molecule has 0 bridgehead atoms. The number of carbonyl (C=O) groups is 1. The first kappa shape index (κ1) is 16.0. The highest BCUT2D eigenvalue weighted by molar-refractivity contribution is 5.88. The summed E-state index contributed by atoms with van der Waals surface area (Å²) in [6, 6.07) is 15.0. The van der Waals surface area contributed by atoms with Crippen LogP contribution in [-0.4, -0.2) is 11.0 Å². The van der Waals surface area contributed by atoms with E-state index in [0.717, 1.165) is 22.6 Å². The van der Waals surface area contributed by atoms with Gasteiger partial charge < -0.3 is 15.2 Å². The van der Waals surface area contributed by atoms with Crippen molar-refractivity contribution in [1.82, 2.24) is 0 Å². The maximum Gasteiger partial charge on any atom is 0.221 e. The van der Waals surface area contributed by atoms with Crippen molar-refractivity contribution < 1.29 is 14.6 Å². The van der Waals surface area contributed by atoms with Crippen molar-refractivity contribution in [1.29, 1.82) is 0 Å². The van der Waals surface area contributed by atoms with E-state index in [-0.39, 0.29) is 5.91 Å². The first-order chi connectivity index (χ1) is 10.6. The molecule has 0 aliphatic heterocycles. The van der Waals surface area contributed by atoms with E-state index in [0.29, 0.717) is 13.0 Å². The van der Waals surface area contributed by atoms with Gasteiger partial charge in [0.25, 0.3) is 0 Å². The van der Waals surface area contributed by atoms with Gasteiger partial charge in [0.05, 0.1) is 6.10 Å². The third-order valence-corrected chi connectivity index (χ3v) is 3.30. The van der Waals surface area contributed by atoms with E-state index in [1.807, 2.05) is 55.5 Å². The molecule has 0 fully saturated rings. The first-order valence-electron chi connectivity index (χ1n) is 7.36. The van der Waals surface area contributed by atoms with Crippen LogP contribution in [0.25, 0.3) is 0 Å². The highest BCUT2D eigenvalue weighted by atomic mass is 16.5. The summed E-state index contributed by atoms with van der Waals surface area (Å²) in [7, 11) is 0. The molecule has 2 N–H and O–H groups in total. The lowest BCUT2D eigenvalue weighted by atomic mass is 10.1. The minimum atomic E-state index is -0.427. The molecule has 0 aromatic heterocycles. The number of aliphatic hydroxyl groups excluding tert-OH is 1. The lowest BCUT2D eigenvalue weighted by Gasteiger charge is -2.11. The maximum absolute atomic E-state index is 11.1. The molecular weight excluding hydrogens is 278 g/mol. The van der Waals surface area contributed by atoms with Crippen LogP contribution in [0.2, 0.25) is 0 Å². The van der Waals surface area contributed by atoms with Gasteiger partial charge in [-0.25, -0.2) is 0 Å². The largest absolute Gasteiger partial charge is 0.489 e. The summed E-state index contributed by atoms with van der Waals surface area (Å²) in [6.07, 6.45) is 0.263. The fourth-order valence-corrected chi connectivity index (χ4v) is 2.13. The Labute approximate surface area is 130 Å². The second-order valence-corrected chi connectivity index (χ2v) is 5.16. The van der Waals surface area contributed by atoms with Crippen LogP contribution >= 0.6 is 0 Å². The minimum absolute atomic E-state index is 0.0943. The molecule has 0 saturated carbocycles. The van der Waals surface area contributed by atoms with Crippen molar-refractivity contribution in [2.75, 3.05) is 5.32 Å². The molecule has 0 heterocycles. The summed E-state index contributed by atoms with van der Waals surface area (Å²) in [5.74, 6) is 0.653. The van der Waals surface area contributed by atoms with Crippen molar-refractivity contribution in [3.8, 4) is 5.75 Å². The van der Waals surface area contributed by atoms with Gasteiger partial charge in [-0.15, -0.1) is 0 Å². The molecule has 2 aromatic rings. The van der Waals surface area contributed by atoms with Crippen LogP contribution in [0, 0.1) is 0 Å². The Morgan fingerprint density at radius 1 is 1.23 bits per heavy atom. The molecule has 22 heavy (non-hydrogen) atoms. The molecule has 0 saturated heterocycles. The number of anilines is 1. The summed E-state index contributed by atoms with van der Waals surface area (Å²) in [5.41, 5.74) is 2.63. The fourth-order valence-electron chi connectivity index (χ4n) is 2.13. The van der Waals surface area contributed by atoms with Gasteiger partial charge in [-0.05, 0) is 41.8 Å². The van der Waals surface area contributed by atoms with Crippen LogP contribution in [0.1, 0.15) is 37.5 Å². The normalized spacial score (nSPS) is 11.8. The lowest BCUT2D eigenvalue weighted by molar-refractivity contribution is -0.114. The molecule has 0 radical (unpaired) electrons. The monoisotopic (exact) mass is 299 g/mol. The molecule has 4 heteroatoms. The zero-order valence-corrected chi connectivity index (χ0v) is 12.9. The predicted molar refractivity (Wildman–Crippen MR) is 86.8 cm³/mol. The number of aliphatic hydroxyl groups is 1. The average Bonchev–Trinajstić information content (AvgIpc) is 2.52. The van der Waals surface area contributed by atoms with Crippen molar-refractivity contribution >= 4 is 11.6 Å². The summed E-state index contributed by atoms with van der Waals surface area (Å²) >= 11 is 0. The summed E-state index contributed by atoms with van der Waals surface area (Å²) in [4.78, 5) is 11.1. The van der Waals surface area contributed by atoms with Crippen LogP contribution in [0.3, 0.4) is 0 Å².